The first kappa shape index (κ1) is 14.9. The topological polar surface area (TPSA) is 49.5 Å². The standard InChI is InChI=1S/C14H30N2O/c1-4-5-12(2)16-8-6-14(11-15,7-9-16)10-13(3)17/h12-13,17H,4-11,15H2,1-3H3. The summed E-state index contributed by atoms with van der Waals surface area (Å²) in [6.45, 7) is 9.46. The van der Waals surface area contributed by atoms with Gasteiger partial charge in [-0.15, -0.1) is 0 Å². The third kappa shape index (κ3) is 4.23. The van der Waals surface area contributed by atoms with Crippen molar-refractivity contribution in [3.8, 4) is 0 Å². The van der Waals surface area contributed by atoms with Crippen molar-refractivity contribution < 1.29 is 5.11 Å². The number of hydrogen-bond donors (Lipinski definition) is 2. The van der Waals surface area contributed by atoms with E-state index in [2.05, 4.69) is 18.7 Å². The lowest BCUT2D eigenvalue weighted by Gasteiger charge is -2.44. The third-order valence-corrected chi connectivity index (χ3v) is 4.35. The summed E-state index contributed by atoms with van der Waals surface area (Å²) in [5.74, 6) is 0. The molecule has 1 aliphatic heterocycles. The van der Waals surface area contributed by atoms with Gasteiger partial charge in [0.15, 0.2) is 0 Å². The van der Waals surface area contributed by atoms with Gasteiger partial charge in [-0.1, -0.05) is 13.3 Å². The molecule has 1 aliphatic rings. The summed E-state index contributed by atoms with van der Waals surface area (Å²) < 4.78 is 0. The zero-order chi connectivity index (χ0) is 12.9. The predicted octanol–water partition coefficient (Wildman–Crippen LogP) is 1.99. The fraction of sp³-hybridized carbons (Fsp3) is 1.00. The van der Waals surface area contributed by atoms with Crippen molar-refractivity contribution in [3.63, 3.8) is 0 Å². The Hall–Kier alpha value is -0.120. The van der Waals surface area contributed by atoms with Gasteiger partial charge in [0.1, 0.15) is 0 Å². The molecular formula is C14H30N2O. The summed E-state index contributed by atoms with van der Waals surface area (Å²) >= 11 is 0. The van der Waals surface area contributed by atoms with Crippen LogP contribution < -0.4 is 5.73 Å². The Labute approximate surface area is 106 Å². The van der Waals surface area contributed by atoms with Gasteiger partial charge in [0.2, 0.25) is 0 Å². The molecule has 0 aliphatic carbocycles. The highest BCUT2D eigenvalue weighted by molar-refractivity contribution is 4.89. The Bertz CT molecular complexity index is 210. The number of rotatable bonds is 6. The maximum Gasteiger partial charge on any atom is 0.0517 e. The van der Waals surface area contributed by atoms with Crippen molar-refractivity contribution in [2.75, 3.05) is 19.6 Å². The first-order valence-electron chi connectivity index (χ1n) is 7.15. The summed E-state index contributed by atoms with van der Waals surface area (Å²) in [6, 6.07) is 0.697. The molecule has 1 rings (SSSR count). The SMILES string of the molecule is CCCC(C)N1CCC(CN)(CC(C)O)CC1. The molecule has 102 valence electrons. The Balaban J connectivity index is 2.47. The molecule has 17 heavy (non-hydrogen) atoms. The van der Waals surface area contributed by atoms with E-state index in [1.807, 2.05) is 6.92 Å². The summed E-state index contributed by atoms with van der Waals surface area (Å²) in [5.41, 5.74) is 6.13. The maximum absolute atomic E-state index is 9.59. The Morgan fingerprint density at radius 1 is 1.29 bits per heavy atom. The number of nitrogens with zero attached hydrogens (tertiary/aromatic N) is 1. The second-order valence-electron chi connectivity index (χ2n) is 5.93. The van der Waals surface area contributed by atoms with E-state index in [4.69, 9.17) is 5.73 Å². The fourth-order valence-corrected chi connectivity index (χ4v) is 3.16. The molecular weight excluding hydrogens is 212 g/mol. The summed E-state index contributed by atoms with van der Waals surface area (Å²) in [5, 5.41) is 9.59. The number of aliphatic hydroxyl groups is 1. The maximum atomic E-state index is 9.59. The van der Waals surface area contributed by atoms with Crippen LogP contribution in [0.3, 0.4) is 0 Å². The van der Waals surface area contributed by atoms with Crippen LogP contribution in [0, 0.1) is 5.41 Å². The predicted molar refractivity (Wildman–Crippen MR) is 73.0 cm³/mol. The molecule has 0 aromatic heterocycles. The molecule has 0 aromatic carbocycles. The van der Waals surface area contributed by atoms with E-state index in [1.165, 1.54) is 12.8 Å². The van der Waals surface area contributed by atoms with Crippen molar-refractivity contribution in [2.45, 2.75) is 65.0 Å². The second-order valence-corrected chi connectivity index (χ2v) is 5.93. The average molecular weight is 242 g/mol. The molecule has 3 heteroatoms. The highest BCUT2D eigenvalue weighted by Gasteiger charge is 2.35. The zero-order valence-electron chi connectivity index (χ0n) is 11.8. The van der Waals surface area contributed by atoms with Gasteiger partial charge >= 0.3 is 0 Å². The van der Waals surface area contributed by atoms with Crippen molar-refractivity contribution in [3.05, 3.63) is 0 Å². The van der Waals surface area contributed by atoms with Crippen molar-refractivity contribution in [1.82, 2.24) is 4.90 Å². The van der Waals surface area contributed by atoms with E-state index in [9.17, 15) is 5.11 Å². The molecule has 1 heterocycles. The largest absolute Gasteiger partial charge is 0.393 e. The minimum absolute atomic E-state index is 0.191. The van der Waals surface area contributed by atoms with Gasteiger partial charge in [-0.05, 0) is 64.6 Å². The van der Waals surface area contributed by atoms with E-state index >= 15 is 0 Å². The number of nitrogens with two attached hydrogens (primary N) is 1. The molecule has 0 radical (unpaired) electrons. The molecule has 2 atom stereocenters. The van der Waals surface area contributed by atoms with Crippen molar-refractivity contribution in [2.24, 2.45) is 11.1 Å². The molecule has 0 amide bonds. The van der Waals surface area contributed by atoms with Crippen LogP contribution in [0.2, 0.25) is 0 Å². The van der Waals surface area contributed by atoms with E-state index in [0.29, 0.717) is 12.6 Å². The van der Waals surface area contributed by atoms with Crippen LogP contribution in [0.5, 0.6) is 0 Å². The van der Waals surface area contributed by atoms with Gasteiger partial charge in [0.25, 0.3) is 0 Å². The van der Waals surface area contributed by atoms with E-state index in [-0.39, 0.29) is 11.5 Å². The summed E-state index contributed by atoms with van der Waals surface area (Å²) in [7, 11) is 0. The van der Waals surface area contributed by atoms with Crippen LogP contribution in [0.4, 0.5) is 0 Å². The highest BCUT2D eigenvalue weighted by atomic mass is 16.3. The lowest BCUT2D eigenvalue weighted by atomic mass is 9.74. The number of piperidine rings is 1. The monoisotopic (exact) mass is 242 g/mol. The minimum atomic E-state index is -0.224. The van der Waals surface area contributed by atoms with Crippen molar-refractivity contribution in [1.29, 1.82) is 0 Å². The number of aliphatic hydroxyl groups excluding tert-OH is 1. The average Bonchev–Trinajstić information content (AvgIpc) is 2.29. The lowest BCUT2D eigenvalue weighted by molar-refractivity contribution is 0.0384. The smallest absolute Gasteiger partial charge is 0.0517 e. The van der Waals surface area contributed by atoms with E-state index in [1.54, 1.807) is 0 Å². The van der Waals surface area contributed by atoms with Gasteiger partial charge in [-0.2, -0.15) is 0 Å². The van der Waals surface area contributed by atoms with Crippen LogP contribution in [-0.2, 0) is 0 Å². The molecule has 3 N–H and O–H groups in total. The Kier molecular flexibility index (Phi) is 5.90. The van der Waals surface area contributed by atoms with Crippen LogP contribution in [0.25, 0.3) is 0 Å². The summed E-state index contributed by atoms with van der Waals surface area (Å²) in [4.78, 5) is 2.58. The first-order chi connectivity index (χ1) is 8.03. The van der Waals surface area contributed by atoms with Gasteiger partial charge in [0.05, 0.1) is 6.10 Å². The molecule has 3 nitrogen and oxygen atoms in total. The first-order valence-corrected chi connectivity index (χ1v) is 7.15. The molecule has 0 aromatic rings. The van der Waals surface area contributed by atoms with E-state index in [0.717, 1.165) is 32.4 Å². The third-order valence-electron chi connectivity index (χ3n) is 4.35. The van der Waals surface area contributed by atoms with Gasteiger partial charge in [0, 0.05) is 6.04 Å². The van der Waals surface area contributed by atoms with Gasteiger partial charge < -0.3 is 15.7 Å². The number of hydrogen-bond acceptors (Lipinski definition) is 3. The van der Waals surface area contributed by atoms with Crippen LogP contribution >= 0.6 is 0 Å². The zero-order valence-corrected chi connectivity index (χ0v) is 11.8. The van der Waals surface area contributed by atoms with Gasteiger partial charge in [-0.25, -0.2) is 0 Å². The highest BCUT2D eigenvalue weighted by Crippen LogP contribution is 2.35. The molecule has 2 unspecified atom stereocenters. The molecule has 0 saturated carbocycles. The van der Waals surface area contributed by atoms with Crippen LogP contribution in [0.15, 0.2) is 0 Å². The summed E-state index contributed by atoms with van der Waals surface area (Å²) in [6.07, 6.45) is 5.46. The van der Waals surface area contributed by atoms with Crippen LogP contribution in [0.1, 0.15) is 52.9 Å². The molecule has 1 fully saturated rings. The lowest BCUT2D eigenvalue weighted by Crippen LogP contribution is -2.47. The van der Waals surface area contributed by atoms with Crippen LogP contribution in [-0.4, -0.2) is 41.8 Å². The normalized spacial score (nSPS) is 24.5. The van der Waals surface area contributed by atoms with Crippen molar-refractivity contribution >= 4 is 0 Å². The van der Waals surface area contributed by atoms with E-state index < -0.39 is 0 Å². The molecule has 1 saturated heterocycles. The Morgan fingerprint density at radius 2 is 1.88 bits per heavy atom. The quantitative estimate of drug-likeness (QED) is 0.749. The molecule has 0 bridgehead atoms. The second kappa shape index (κ2) is 6.72. The Morgan fingerprint density at radius 3 is 2.29 bits per heavy atom. The minimum Gasteiger partial charge on any atom is -0.393 e. The fourth-order valence-electron chi connectivity index (χ4n) is 3.16. The molecule has 0 spiro atoms. The van der Waals surface area contributed by atoms with Gasteiger partial charge in [-0.3, -0.25) is 0 Å². The number of likely N-dealkylation sites (tertiary alicyclic amines) is 1.